The van der Waals surface area contributed by atoms with Gasteiger partial charge in [0.1, 0.15) is 5.82 Å². The van der Waals surface area contributed by atoms with Crippen LogP contribution in [-0.2, 0) is 20.7 Å². The molecule has 3 atom stereocenters. The maximum Gasteiger partial charge on any atom is 0.227 e. The van der Waals surface area contributed by atoms with Gasteiger partial charge in [0.2, 0.25) is 5.91 Å². The predicted octanol–water partition coefficient (Wildman–Crippen LogP) is 1.92. The molecule has 1 aromatic rings. The summed E-state index contributed by atoms with van der Waals surface area (Å²) < 4.78 is 24.6. The lowest BCUT2D eigenvalue weighted by Gasteiger charge is -2.43. The summed E-state index contributed by atoms with van der Waals surface area (Å²) in [6, 6.07) is 6.06. The molecule has 1 heterocycles. The fourth-order valence-corrected chi connectivity index (χ4v) is 4.21. The van der Waals surface area contributed by atoms with E-state index in [4.69, 9.17) is 14.6 Å². The van der Waals surface area contributed by atoms with Gasteiger partial charge in [-0.3, -0.25) is 4.79 Å². The molecule has 138 valence electrons. The van der Waals surface area contributed by atoms with E-state index in [1.807, 2.05) is 4.90 Å². The number of carbonyl (C=O) groups is 1. The number of carbonyl (C=O) groups excluding carboxylic acids is 1. The number of halogens is 1. The first kappa shape index (κ1) is 18.3. The summed E-state index contributed by atoms with van der Waals surface area (Å²) in [4.78, 5) is 14.7. The Morgan fingerprint density at radius 3 is 2.80 bits per heavy atom. The summed E-state index contributed by atoms with van der Waals surface area (Å²) in [5.41, 5.74) is 0.516. The van der Waals surface area contributed by atoms with E-state index in [1.165, 1.54) is 12.1 Å². The second-order valence-electron chi connectivity index (χ2n) is 6.92. The Balaban J connectivity index is 1.70. The number of hydrogen-bond donors (Lipinski definition) is 1. The average Bonchev–Trinajstić information content (AvgIpc) is 3.01. The third kappa shape index (κ3) is 3.86. The number of ether oxygens (including phenoxy) is 2. The number of aliphatic hydroxyl groups is 1. The molecule has 6 heteroatoms. The normalized spacial score (nSPS) is 28.8. The van der Waals surface area contributed by atoms with Crippen molar-refractivity contribution in [2.75, 3.05) is 26.9 Å². The van der Waals surface area contributed by atoms with Gasteiger partial charge in [-0.25, -0.2) is 4.39 Å². The molecule has 3 rings (SSSR count). The van der Waals surface area contributed by atoms with Crippen LogP contribution in [0.3, 0.4) is 0 Å². The molecule has 25 heavy (non-hydrogen) atoms. The van der Waals surface area contributed by atoms with Crippen LogP contribution >= 0.6 is 0 Å². The van der Waals surface area contributed by atoms with Gasteiger partial charge < -0.3 is 19.5 Å². The van der Waals surface area contributed by atoms with Crippen LogP contribution in [0, 0.1) is 5.82 Å². The first-order valence-electron chi connectivity index (χ1n) is 8.89. The summed E-state index contributed by atoms with van der Waals surface area (Å²) in [5, 5.41) is 8.96. The number of methoxy groups -OCH3 is 1. The summed E-state index contributed by atoms with van der Waals surface area (Å²) in [5.74, 6) is -0.259. The Kier molecular flexibility index (Phi) is 5.71. The zero-order valence-electron chi connectivity index (χ0n) is 14.6. The van der Waals surface area contributed by atoms with Gasteiger partial charge in [-0.1, -0.05) is 12.1 Å². The molecule has 0 unspecified atom stereocenters. The van der Waals surface area contributed by atoms with Crippen molar-refractivity contribution in [2.24, 2.45) is 0 Å². The lowest BCUT2D eigenvalue weighted by Crippen LogP contribution is -2.53. The summed E-state index contributed by atoms with van der Waals surface area (Å²) in [6.07, 6.45) is 3.59. The average molecular weight is 351 g/mol. The Labute approximate surface area is 147 Å². The number of nitrogens with zero attached hydrogens (tertiary/aromatic N) is 1. The van der Waals surface area contributed by atoms with Gasteiger partial charge in [0, 0.05) is 13.7 Å². The van der Waals surface area contributed by atoms with Crippen LogP contribution in [0.1, 0.15) is 31.2 Å². The molecule has 0 spiro atoms. The van der Waals surface area contributed by atoms with E-state index in [9.17, 15) is 9.18 Å². The number of rotatable bonds is 6. The molecule has 1 aliphatic carbocycles. The topological polar surface area (TPSA) is 59.0 Å². The third-order valence-electron chi connectivity index (χ3n) is 5.58. The van der Waals surface area contributed by atoms with Crippen LogP contribution in [-0.4, -0.2) is 60.5 Å². The van der Waals surface area contributed by atoms with Crippen LogP contribution in [0.5, 0.6) is 0 Å². The van der Waals surface area contributed by atoms with Crippen molar-refractivity contribution >= 4 is 5.91 Å². The van der Waals surface area contributed by atoms with Crippen LogP contribution in [0.2, 0.25) is 0 Å². The summed E-state index contributed by atoms with van der Waals surface area (Å²) in [7, 11) is 1.72. The number of aliphatic hydroxyl groups excluding tert-OH is 1. The number of amides is 1. The van der Waals surface area contributed by atoms with Crippen LogP contribution < -0.4 is 0 Å². The molecular weight excluding hydrogens is 325 g/mol. The van der Waals surface area contributed by atoms with E-state index in [1.54, 1.807) is 19.2 Å². The molecule has 2 aliphatic rings. The molecule has 1 aliphatic heterocycles. The third-order valence-corrected chi connectivity index (χ3v) is 5.58. The summed E-state index contributed by atoms with van der Waals surface area (Å²) >= 11 is 0. The number of likely N-dealkylation sites (tertiary alicyclic amines) is 1. The second kappa shape index (κ2) is 7.81. The quantitative estimate of drug-likeness (QED) is 0.851. The zero-order valence-corrected chi connectivity index (χ0v) is 14.6. The molecule has 1 N–H and O–H groups in total. The van der Waals surface area contributed by atoms with E-state index < -0.39 is 0 Å². The van der Waals surface area contributed by atoms with E-state index in [-0.39, 0.29) is 42.5 Å². The van der Waals surface area contributed by atoms with Gasteiger partial charge in [-0.05, 0) is 43.4 Å². The first-order valence-corrected chi connectivity index (χ1v) is 8.89. The van der Waals surface area contributed by atoms with Crippen molar-refractivity contribution in [1.82, 2.24) is 4.90 Å². The maximum atomic E-state index is 13.0. The molecule has 1 amide bonds. The molecule has 2 fully saturated rings. The van der Waals surface area contributed by atoms with Crippen molar-refractivity contribution in [3.8, 4) is 0 Å². The standard InChI is InChI=1S/C19H26FNO4/c1-24-19-7-6-16(25-11-10-22)13-17(19)21(9-8-19)18(23)12-14-2-4-15(20)5-3-14/h2-5,16-17,22H,6-13H2,1H3/t16-,17-,19+/m0/s1. The largest absolute Gasteiger partial charge is 0.394 e. The zero-order chi connectivity index (χ0) is 17.9. The SMILES string of the molecule is CO[C@@]12CC[C@H](OCCO)C[C@@H]1N(C(=O)Cc1ccc(F)cc1)CC2. The van der Waals surface area contributed by atoms with Crippen molar-refractivity contribution in [1.29, 1.82) is 0 Å². The Bertz CT molecular complexity index is 594. The Hall–Kier alpha value is -1.50. The first-order chi connectivity index (χ1) is 12.1. The van der Waals surface area contributed by atoms with Crippen molar-refractivity contribution in [3.63, 3.8) is 0 Å². The lowest BCUT2D eigenvalue weighted by molar-refractivity contribution is -0.141. The molecule has 1 aromatic carbocycles. The molecule has 5 nitrogen and oxygen atoms in total. The fraction of sp³-hybridized carbons (Fsp3) is 0.632. The fourth-order valence-electron chi connectivity index (χ4n) is 4.21. The highest BCUT2D eigenvalue weighted by Gasteiger charge is 2.52. The molecule has 0 radical (unpaired) electrons. The minimum atomic E-state index is -0.299. The van der Waals surface area contributed by atoms with Crippen molar-refractivity contribution < 1.29 is 23.8 Å². The maximum absolute atomic E-state index is 13.0. The lowest BCUT2D eigenvalue weighted by atomic mass is 9.79. The van der Waals surface area contributed by atoms with Gasteiger partial charge in [-0.15, -0.1) is 0 Å². The summed E-state index contributed by atoms with van der Waals surface area (Å²) in [6.45, 7) is 0.996. The molecular formula is C19H26FNO4. The number of hydrogen-bond acceptors (Lipinski definition) is 4. The van der Waals surface area contributed by atoms with E-state index in [0.29, 0.717) is 13.2 Å². The number of fused-ring (bicyclic) bond motifs is 1. The van der Waals surface area contributed by atoms with Crippen LogP contribution in [0.15, 0.2) is 24.3 Å². The minimum absolute atomic E-state index is 0.00377. The monoisotopic (exact) mass is 351 g/mol. The Morgan fingerprint density at radius 1 is 1.36 bits per heavy atom. The van der Waals surface area contributed by atoms with Gasteiger partial charge in [0.05, 0.1) is 37.4 Å². The van der Waals surface area contributed by atoms with Gasteiger partial charge >= 0.3 is 0 Å². The van der Waals surface area contributed by atoms with Crippen LogP contribution in [0.4, 0.5) is 4.39 Å². The highest BCUT2D eigenvalue weighted by Crippen LogP contribution is 2.43. The highest BCUT2D eigenvalue weighted by atomic mass is 19.1. The molecule has 1 saturated heterocycles. The minimum Gasteiger partial charge on any atom is -0.394 e. The predicted molar refractivity (Wildman–Crippen MR) is 90.6 cm³/mol. The number of benzene rings is 1. The van der Waals surface area contributed by atoms with E-state index >= 15 is 0 Å². The highest BCUT2D eigenvalue weighted by molar-refractivity contribution is 5.79. The van der Waals surface area contributed by atoms with Crippen molar-refractivity contribution in [3.05, 3.63) is 35.6 Å². The van der Waals surface area contributed by atoms with Crippen LogP contribution in [0.25, 0.3) is 0 Å². The van der Waals surface area contributed by atoms with Gasteiger partial charge in [0.25, 0.3) is 0 Å². The molecule has 0 bridgehead atoms. The second-order valence-corrected chi connectivity index (χ2v) is 6.92. The van der Waals surface area contributed by atoms with E-state index in [0.717, 1.165) is 31.2 Å². The smallest absolute Gasteiger partial charge is 0.227 e. The van der Waals surface area contributed by atoms with Gasteiger partial charge in [0.15, 0.2) is 0 Å². The van der Waals surface area contributed by atoms with E-state index in [2.05, 4.69) is 0 Å². The van der Waals surface area contributed by atoms with Gasteiger partial charge in [-0.2, -0.15) is 0 Å². The molecule has 1 saturated carbocycles. The van der Waals surface area contributed by atoms with Crippen molar-refractivity contribution in [2.45, 2.75) is 49.9 Å². The molecule has 0 aromatic heterocycles. The Morgan fingerprint density at radius 2 is 2.12 bits per heavy atom.